The molecule has 1 heterocycles. The average Bonchev–Trinajstić information content (AvgIpc) is 1.76. The minimum absolute atomic E-state index is 0.0213. The summed E-state index contributed by atoms with van der Waals surface area (Å²) < 4.78 is 5.29. The van der Waals surface area contributed by atoms with E-state index in [0.29, 0.717) is 12.3 Å². The van der Waals surface area contributed by atoms with Crippen molar-refractivity contribution in [2.75, 3.05) is 0 Å². The molecule has 1 aliphatic heterocycles. The Morgan fingerprint density at radius 3 is 2.21 bits per heavy atom. The SMILES string of the molecule is CC(C)(C)OC(=O)CC1C[Si](C)(C)C1. The maximum atomic E-state index is 11.5. The van der Waals surface area contributed by atoms with Gasteiger partial charge in [-0.2, -0.15) is 0 Å². The minimum Gasteiger partial charge on any atom is -0.460 e. The minimum atomic E-state index is -0.847. The molecule has 0 unspecified atom stereocenters. The Hall–Kier alpha value is -0.313. The normalized spacial score (nSPS) is 21.5. The van der Waals surface area contributed by atoms with E-state index in [-0.39, 0.29) is 11.6 Å². The van der Waals surface area contributed by atoms with Crippen molar-refractivity contribution in [3.63, 3.8) is 0 Å². The van der Waals surface area contributed by atoms with Crippen LogP contribution in [-0.2, 0) is 9.53 Å². The van der Waals surface area contributed by atoms with Crippen LogP contribution in [0.1, 0.15) is 27.2 Å². The summed E-state index contributed by atoms with van der Waals surface area (Å²) in [5.41, 5.74) is -0.326. The van der Waals surface area contributed by atoms with Crippen molar-refractivity contribution < 1.29 is 9.53 Å². The number of hydrogen-bond donors (Lipinski definition) is 0. The lowest BCUT2D eigenvalue weighted by atomic mass is 10.1. The van der Waals surface area contributed by atoms with Crippen LogP contribution >= 0.6 is 0 Å². The molecule has 0 aromatic carbocycles. The Balaban J connectivity index is 2.24. The Bertz CT molecular complexity index is 220. The molecule has 1 fully saturated rings. The van der Waals surface area contributed by atoms with Crippen LogP contribution in [0.4, 0.5) is 0 Å². The van der Waals surface area contributed by atoms with Crippen LogP contribution in [0.15, 0.2) is 0 Å². The third-order valence-corrected chi connectivity index (χ3v) is 5.92. The van der Waals surface area contributed by atoms with E-state index in [1.54, 1.807) is 0 Å². The molecule has 0 N–H and O–H groups in total. The molecule has 3 heteroatoms. The van der Waals surface area contributed by atoms with Gasteiger partial charge in [-0.1, -0.05) is 25.2 Å². The molecule has 0 radical (unpaired) electrons. The van der Waals surface area contributed by atoms with E-state index in [4.69, 9.17) is 4.74 Å². The quantitative estimate of drug-likeness (QED) is 0.521. The van der Waals surface area contributed by atoms with Crippen molar-refractivity contribution >= 4 is 14.0 Å². The van der Waals surface area contributed by atoms with Gasteiger partial charge in [0.25, 0.3) is 0 Å². The fourth-order valence-electron chi connectivity index (χ4n) is 2.27. The second-order valence-corrected chi connectivity index (χ2v) is 11.4. The highest BCUT2D eigenvalue weighted by Gasteiger charge is 2.39. The van der Waals surface area contributed by atoms with Crippen molar-refractivity contribution in [1.82, 2.24) is 0 Å². The fourth-order valence-corrected chi connectivity index (χ4v) is 5.56. The van der Waals surface area contributed by atoms with E-state index in [9.17, 15) is 4.79 Å². The monoisotopic (exact) mass is 214 g/mol. The van der Waals surface area contributed by atoms with Gasteiger partial charge in [0.2, 0.25) is 0 Å². The summed E-state index contributed by atoms with van der Waals surface area (Å²) in [6, 6.07) is 2.60. The first-order valence-electron chi connectivity index (χ1n) is 5.40. The molecule has 1 aliphatic rings. The summed E-state index contributed by atoms with van der Waals surface area (Å²) in [5.74, 6) is 0.596. The van der Waals surface area contributed by atoms with E-state index in [1.807, 2.05) is 20.8 Å². The van der Waals surface area contributed by atoms with Crippen molar-refractivity contribution in [3.8, 4) is 0 Å². The summed E-state index contributed by atoms with van der Waals surface area (Å²) in [6.07, 6.45) is 0.633. The Morgan fingerprint density at radius 1 is 1.36 bits per heavy atom. The van der Waals surface area contributed by atoms with Crippen molar-refractivity contribution in [2.24, 2.45) is 5.92 Å². The summed E-state index contributed by atoms with van der Waals surface area (Å²) >= 11 is 0. The first-order valence-corrected chi connectivity index (χ1v) is 8.81. The molecule has 0 saturated carbocycles. The largest absolute Gasteiger partial charge is 0.460 e. The molecule has 1 rings (SSSR count). The molecule has 0 spiro atoms. The van der Waals surface area contributed by atoms with Crippen molar-refractivity contribution in [3.05, 3.63) is 0 Å². The molecule has 1 saturated heterocycles. The van der Waals surface area contributed by atoms with Gasteiger partial charge in [-0.15, -0.1) is 0 Å². The molecule has 14 heavy (non-hydrogen) atoms. The third kappa shape index (κ3) is 3.82. The molecule has 0 aromatic rings. The summed E-state index contributed by atoms with van der Waals surface area (Å²) in [5, 5.41) is 0. The highest BCUT2D eigenvalue weighted by atomic mass is 28.3. The van der Waals surface area contributed by atoms with Crippen LogP contribution < -0.4 is 0 Å². The first kappa shape index (κ1) is 11.8. The lowest BCUT2D eigenvalue weighted by molar-refractivity contribution is -0.155. The number of carbonyl (C=O) groups is 1. The maximum Gasteiger partial charge on any atom is 0.306 e. The number of esters is 1. The van der Waals surface area contributed by atoms with Gasteiger partial charge in [0.05, 0.1) is 0 Å². The zero-order valence-corrected chi connectivity index (χ0v) is 11.0. The van der Waals surface area contributed by atoms with E-state index in [0.717, 1.165) is 0 Å². The van der Waals surface area contributed by atoms with Crippen molar-refractivity contribution in [1.29, 1.82) is 0 Å². The summed E-state index contributed by atoms with van der Waals surface area (Å²) in [6.45, 7) is 10.5. The Morgan fingerprint density at radius 2 is 1.86 bits per heavy atom. The predicted molar refractivity (Wildman–Crippen MR) is 61.0 cm³/mol. The fraction of sp³-hybridized carbons (Fsp3) is 0.909. The smallest absolute Gasteiger partial charge is 0.306 e. The molecule has 0 aliphatic carbocycles. The number of rotatable bonds is 2. The third-order valence-electron chi connectivity index (χ3n) is 2.56. The van der Waals surface area contributed by atoms with E-state index in [1.165, 1.54) is 12.1 Å². The van der Waals surface area contributed by atoms with Gasteiger partial charge >= 0.3 is 5.97 Å². The highest BCUT2D eigenvalue weighted by Crippen LogP contribution is 2.40. The lowest BCUT2D eigenvalue weighted by Gasteiger charge is -2.40. The number of ether oxygens (including phenoxy) is 1. The molecule has 82 valence electrons. The zero-order valence-electron chi connectivity index (χ0n) is 10.0. The molecular formula is C11H22O2Si. The number of carbonyl (C=O) groups excluding carboxylic acids is 1. The van der Waals surface area contributed by atoms with Gasteiger partial charge in [-0.3, -0.25) is 4.79 Å². The van der Waals surface area contributed by atoms with Crippen LogP contribution in [0, 0.1) is 5.92 Å². The van der Waals surface area contributed by atoms with E-state index in [2.05, 4.69) is 13.1 Å². The van der Waals surface area contributed by atoms with Crippen LogP contribution in [0.3, 0.4) is 0 Å². The van der Waals surface area contributed by atoms with Gasteiger partial charge in [0.15, 0.2) is 0 Å². The zero-order chi connectivity index (χ0) is 11.0. The molecule has 0 amide bonds. The Labute approximate surface area is 88.0 Å². The molecule has 0 aromatic heterocycles. The first-order chi connectivity index (χ1) is 6.18. The lowest BCUT2D eigenvalue weighted by Crippen LogP contribution is -2.42. The van der Waals surface area contributed by atoms with Crippen LogP contribution in [0.2, 0.25) is 25.2 Å². The second kappa shape index (κ2) is 3.68. The van der Waals surface area contributed by atoms with Gasteiger partial charge < -0.3 is 4.74 Å². The molecule has 2 nitrogen and oxygen atoms in total. The van der Waals surface area contributed by atoms with Gasteiger partial charge in [0, 0.05) is 14.5 Å². The summed E-state index contributed by atoms with van der Waals surface area (Å²) in [4.78, 5) is 11.5. The predicted octanol–water partition coefficient (Wildman–Crippen LogP) is 3.06. The van der Waals surface area contributed by atoms with Crippen molar-refractivity contribution in [2.45, 2.75) is 58.0 Å². The van der Waals surface area contributed by atoms with E-state index < -0.39 is 8.07 Å². The average molecular weight is 214 g/mol. The van der Waals surface area contributed by atoms with E-state index >= 15 is 0 Å². The van der Waals surface area contributed by atoms with Gasteiger partial charge in [0.1, 0.15) is 5.60 Å². The van der Waals surface area contributed by atoms with Crippen LogP contribution in [0.25, 0.3) is 0 Å². The summed E-state index contributed by atoms with van der Waals surface area (Å²) in [7, 11) is -0.847. The highest BCUT2D eigenvalue weighted by molar-refractivity contribution is 6.80. The molecule has 0 atom stereocenters. The van der Waals surface area contributed by atoms with Gasteiger partial charge in [-0.25, -0.2) is 0 Å². The number of hydrogen-bond acceptors (Lipinski definition) is 2. The molecular weight excluding hydrogens is 192 g/mol. The topological polar surface area (TPSA) is 26.3 Å². The van der Waals surface area contributed by atoms with Crippen LogP contribution in [-0.4, -0.2) is 19.6 Å². The second-order valence-electron chi connectivity index (χ2n) is 6.23. The van der Waals surface area contributed by atoms with Crippen LogP contribution in [0.5, 0.6) is 0 Å². The van der Waals surface area contributed by atoms with Gasteiger partial charge in [-0.05, 0) is 26.7 Å². The standard InChI is InChI=1S/C11H22O2Si/c1-11(2,3)13-10(12)6-9-7-14(4,5)8-9/h9H,6-8H2,1-5H3. The molecule has 0 bridgehead atoms. The Kier molecular flexibility index (Phi) is 3.09. The maximum absolute atomic E-state index is 11.5.